The van der Waals surface area contributed by atoms with Gasteiger partial charge in [-0.1, -0.05) is 22.8 Å². The summed E-state index contributed by atoms with van der Waals surface area (Å²) in [5, 5.41) is 15.9. The van der Waals surface area contributed by atoms with Crippen molar-refractivity contribution in [1.29, 1.82) is 5.26 Å². The van der Waals surface area contributed by atoms with Gasteiger partial charge in [-0.3, -0.25) is 4.90 Å². The van der Waals surface area contributed by atoms with E-state index in [-0.39, 0.29) is 0 Å². The van der Waals surface area contributed by atoms with Crippen molar-refractivity contribution in [3.8, 4) is 6.07 Å². The molecule has 0 aliphatic heterocycles. The standard InChI is InChI=1S/C21H27N5O2S/c1-5-28-21(27)25-29(4)19-8-6-7-16(11-19)14-23-18-10-9-17(13-22)20(12-18)24-15-26(2)3/h6-12,23-24H,5,14-15H2,1-4H3. The summed E-state index contributed by atoms with van der Waals surface area (Å²) in [7, 11) is 3.36. The zero-order valence-corrected chi connectivity index (χ0v) is 18.0. The predicted octanol–water partition coefficient (Wildman–Crippen LogP) is 4.05. The van der Waals surface area contributed by atoms with Gasteiger partial charge in [0.2, 0.25) is 0 Å². The summed E-state index contributed by atoms with van der Waals surface area (Å²) in [5.74, 6) is 0. The van der Waals surface area contributed by atoms with Gasteiger partial charge in [-0.05, 0) is 63.2 Å². The first-order valence-electron chi connectivity index (χ1n) is 9.23. The first-order valence-corrected chi connectivity index (χ1v) is 10.8. The summed E-state index contributed by atoms with van der Waals surface area (Å²) in [6.07, 6.45) is 1.37. The molecular weight excluding hydrogens is 386 g/mol. The van der Waals surface area contributed by atoms with Crippen LogP contribution >= 0.6 is 0 Å². The number of anilines is 2. The number of carbonyl (C=O) groups excluding carboxylic acids is 1. The van der Waals surface area contributed by atoms with Gasteiger partial charge in [-0.2, -0.15) is 5.26 Å². The first-order chi connectivity index (χ1) is 13.9. The highest BCUT2D eigenvalue weighted by Crippen LogP contribution is 2.21. The molecule has 0 aliphatic carbocycles. The zero-order valence-electron chi connectivity index (χ0n) is 17.2. The molecule has 2 aromatic rings. The lowest BCUT2D eigenvalue weighted by Crippen LogP contribution is -2.20. The van der Waals surface area contributed by atoms with E-state index >= 15 is 0 Å². The van der Waals surface area contributed by atoms with E-state index in [0.717, 1.165) is 21.8 Å². The molecule has 2 N–H and O–H groups in total. The van der Waals surface area contributed by atoms with Gasteiger partial charge in [0, 0.05) is 17.1 Å². The maximum absolute atomic E-state index is 11.6. The number of hydrogen-bond donors (Lipinski definition) is 2. The fraction of sp³-hybridized carbons (Fsp3) is 0.333. The maximum Gasteiger partial charge on any atom is 0.439 e. The molecular formula is C21H27N5O2S. The lowest BCUT2D eigenvalue weighted by molar-refractivity contribution is 0.164. The molecule has 1 amide bonds. The van der Waals surface area contributed by atoms with Gasteiger partial charge in [0.05, 0.1) is 24.5 Å². The van der Waals surface area contributed by atoms with Crippen LogP contribution in [-0.2, 0) is 22.0 Å². The summed E-state index contributed by atoms with van der Waals surface area (Å²) in [5.41, 5.74) is 3.40. The molecule has 1 unspecified atom stereocenters. The molecule has 0 radical (unpaired) electrons. The van der Waals surface area contributed by atoms with Crippen molar-refractivity contribution in [2.45, 2.75) is 18.4 Å². The number of rotatable bonds is 8. The van der Waals surface area contributed by atoms with E-state index < -0.39 is 16.8 Å². The summed E-state index contributed by atoms with van der Waals surface area (Å²) in [6.45, 7) is 3.34. The van der Waals surface area contributed by atoms with Crippen molar-refractivity contribution in [3.05, 3.63) is 53.6 Å². The van der Waals surface area contributed by atoms with Crippen LogP contribution in [0.15, 0.2) is 51.7 Å². The Kier molecular flexibility index (Phi) is 8.65. The molecule has 7 nitrogen and oxygen atoms in total. The largest absolute Gasteiger partial charge is 0.448 e. The van der Waals surface area contributed by atoms with E-state index in [1.807, 2.05) is 61.6 Å². The molecule has 8 heteroatoms. The first kappa shape index (κ1) is 22.4. The van der Waals surface area contributed by atoms with Crippen molar-refractivity contribution in [3.63, 3.8) is 0 Å². The highest BCUT2D eigenvalue weighted by atomic mass is 32.2. The highest BCUT2D eigenvalue weighted by molar-refractivity contribution is 7.86. The Hall–Kier alpha value is -2.89. The SMILES string of the molecule is CCOC(=O)/N=S(\C)c1cccc(CNc2ccc(C#N)c(NCN(C)C)c2)c1. The van der Waals surface area contributed by atoms with Gasteiger partial charge >= 0.3 is 6.09 Å². The Morgan fingerprint density at radius 3 is 2.72 bits per heavy atom. The van der Waals surface area contributed by atoms with Crippen molar-refractivity contribution in [2.75, 3.05) is 44.3 Å². The fourth-order valence-electron chi connectivity index (χ4n) is 2.50. The third kappa shape index (κ3) is 7.22. The van der Waals surface area contributed by atoms with E-state index in [1.54, 1.807) is 13.0 Å². The van der Waals surface area contributed by atoms with Crippen LogP contribution in [0.3, 0.4) is 0 Å². The quantitative estimate of drug-likeness (QED) is 0.635. The summed E-state index contributed by atoms with van der Waals surface area (Å²) < 4.78 is 8.96. The fourth-order valence-corrected chi connectivity index (χ4v) is 3.48. The van der Waals surface area contributed by atoms with Gasteiger partial charge < -0.3 is 15.4 Å². The maximum atomic E-state index is 11.6. The smallest absolute Gasteiger partial charge is 0.439 e. The molecule has 0 aromatic heterocycles. The van der Waals surface area contributed by atoms with Gasteiger partial charge in [0.15, 0.2) is 0 Å². The molecule has 1 atom stereocenters. The number of nitrogens with zero attached hydrogens (tertiary/aromatic N) is 3. The van der Waals surface area contributed by atoms with Crippen LogP contribution in [0.4, 0.5) is 16.2 Å². The van der Waals surface area contributed by atoms with Crippen molar-refractivity contribution in [2.24, 2.45) is 4.36 Å². The summed E-state index contributed by atoms with van der Waals surface area (Å²) >= 11 is 0. The third-order valence-electron chi connectivity index (χ3n) is 3.94. The highest BCUT2D eigenvalue weighted by Gasteiger charge is 2.06. The minimum atomic E-state index is -0.567. The van der Waals surface area contributed by atoms with Crippen molar-refractivity contribution in [1.82, 2.24) is 4.90 Å². The molecule has 2 rings (SSSR count). The number of carbonyl (C=O) groups is 1. The number of ether oxygens (including phenoxy) is 1. The number of benzene rings is 2. The van der Waals surface area contributed by atoms with Crippen LogP contribution in [0.25, 0.3) is 0 Å². The minimum Gasteiger partial charge on any atom is -0.448 e. The van der Waals surface area contributed by atoms with E-state index in [4.69, 9.17) is 4.74 Å². The Morgan fingerprint density at radius 1 is 1.24 bits per heavy atom. The van der Waals surface area contributed by atoms with Gasteiger partial charge in [-0.25, -0.2) is 4.79 Å². The van der Waals surface area contributed by atoms with E-state index in [2.05, 4.69) is 21.1 Å². The third-order valence-corrected chi connectivity index (χ3v) is 5.30. The number of hydrogen-bond acceptors (Lipinski definition) is 6. The lowest BCUT2D eigenvalue weighted by Gasteiger charge is -2.15. The monoisotopic (exact) mass is 413 g/mol. The van der Waals surface area contributed by atoms with Crippen LogP contribution in [0.5, 0.6) is 0 Å². The van der Waals surface area contributed by atoms with Crippen LogP contribution in [0, 0.1) is 11.3 Å². The van der Waals surface area contributed by atoms with Gasteiger partial charge in [-0.15, -0.1) is 4.36 Å². The molecule has 0 aliphatic rings. The molecule has 0 saturated carbocycles. The molecule has 0 saturated heterocycles. The van der Waals surface area contributed by atoms with Crippen LogP contribution in [0.1, 0.15) is 18.1 Å². The summed E-state index contributed by atoms with van der Waals surface area (Å²) in [4.78, 5) is 14.5. The van der Waals surface area contributed by atoms with Crippen molar-refractivity contribution < 1.29 is 9.53 Å². The Morgan fingerprint density at radius 2 is 2.03 bits per heavy atom. The Labute approximate surface area is 174 Å². The molecule has 0 bridgehead atoms. The molecule has 0 spiro atoms. The van der Waals surface area contributed by atoms with E-state index in [9.17, 15) is 10.1 Å². The van der Waals surface area contributed by atoms with E-state index in [1.165, 1.54) is 0 Å². The van der Waals surface area contributed by atoms with Crippen molar-refractivity contribution >= 4 is 28.2 Å². The van der Waals surface area contributed by atoms with Gasteiger partial charge in [0.25, 0.3) is 0 Å². The molecule has 0 heterocycles. The second kappa shape index (κ2) is 11.2. The zero-order chi connectivity index (χ0) is 21.2. The Bertz CT molecular complexity index is 922. The van der Waals surface area contributed by atoms with Gasteiger partial charge in [0.1, 0.15) is 6.07 Å². The number of amides is 1. The summed E-state index contributed by atoms with van der Waals surface area (Å²) in [6, 6.07) is 15.8. The molecule has 0 fully saturated rings. The number of nitriles is 1. The lowest BCUT2D eigenvalue weighted by atomic mass is 10.1. The average molecular weight is 414 g/mol. The second-order valence-electron chi connectivity index (χ2n) is 6.56. The molecule has 29 heavy (non-hydrogen) atoms. The topological polar surface area (TPSA) is 89.7 Å². The normalized spacial score (nSPS) is 11.7. The van der Waals surface area contributed by atoms with E-state index in [0.29, 0.717) is 25.4 Å². The predicted molar refractivity (Wildman–Crippen MR) is 118 cm³/mol. The van der Waals surface area contributed by atoms with Crippen LogP contribution < -0.4 is 10.6 Å². The molecule has 154 valence electrons. The minimum absolute atomic E-state index is 0.319. The molecule has 2 aromatic carbocycles. The second-order valence-corrected chi connectivity index (χ2v) is 8.17. The number of nitrogens with one attached hydrogen (secondary N) is 2. The Balaban J connectivity index is 2.09. The average Bonchev–Trinajstić information content (AvgIpc) is 2.71. The van der Waals surface area contributed by atoms with Crippen LogP contribution in [0.2, 0.25) is 0 Å². The van der Waals surface area contributed by atoms with Crippen LogP contribution in [-0.4, -0.2) is 44.6 Å².